The Morgan fingerprint density at radius 1 is 1.29 bits per heavy atom. The van der Waals surface area contributed by atoms with E-state index in [1.807, 2.05) is 0 Å². The fourth-order valence-electron chi connectivity index (χ4n) is 2.30. The van der Waals surface area contributed by atoms with Crippen molar-refractivity contribution in [1.82, 2.24) is 0 Å². The molecule has 0 radical (unpaired) electrons. The minimum Gasteiger partial charge on any atom is -0.396 e. The van der Waals surface area contributed by atoms with Crippen molar-refractivity contribution in [2.45, 2.75) is 26.2 Å². The van der Waals surface area contributed by atoms with Crippen LogP contribution in [-0.2, 0) is 0 Å². The predicted octanol–water partition coefficient (Wildman–Crippen LogP) is 2.96. The Kier molecular flexibility index (Phi) is 2.42. The Morgan fingerprint density at radius 2 is 2.00 bits per heavy atom. The molecule has 1 nitrogen and oxygen atoms in total. The van der Waals surface area contributed by atoms with Gasteiger partial charge in [-0.05, 0) is 30.0 Å². The second-order valence-corrected chi connectivity index (χ2v) is 3.94. The zero-order valence-electron chi connectivity index (χ0n) is 8.75. The van der Waals surface area contributed by atoms with E-state index in [9.17, 15) is 0 Å². The van der Waals surface area contributed by atoms with Gasteiger partial charge in [0.1, 0.15) is 0 Å². The van der Waals surface area contributed by atoms with E-state index in [0.717, 1.165) is 6.42 Å². The molecule has 0 saturated carbocycles. The third-order valence-corrected chi connectivity index (χ3v) is 3.24. The van der Waals surface area contributed by atoms with Crippen LogP contribution in [0.15, 0.2) is 29.8 Å². The van der Waals surface area contributed by atoms with Crippen LogP contribution >= 0.6 is 0 Å². The van der Waals surface area contributed by atoms with Gasteiger partial charge in [0.05, 0.1) is 0 Å². The first-order valence-electron chi connectivity index (χ1n) is 5.15. The molecule has 0 heterocycles. The summed E-state index contributed by atoms with van der Waals surface area (Å²) in [6, 6.07) is 8.51. The van der Waals surface area contributed by atoms with Crippen LogP contribution in [0.1, 0.15) is 37.3 Å². The first kappa shape index (κ1) is 9.47. The Morgan fingerprint density at radius 3 is 2.71 bits per heavy atom. The van der Waals surface area contributed by atoms with Crippen LogP contribution < -0.4 is 0 Å². The van der Waals surface area contributed by atoms with E-state index in [1.165, 1.54) is 22.3 Å². The number of rotatable bonds is 2. The Labute approximate surface area is 85.1 Å². The number of allylic oxidation sites excluding steroid dienone is 1. The molecule has 1 aliphatic carbocycles. The predicted molar refractivity (Wildman–Crippen MR) is 59.2 cm³/mol. The van der Waals surface area contributed by atoms with Crippen LogP contribution in [0.5, 0.6) is 0 Å². The third kappa shape index (κ3) is 1.28. The molecule has 0 amide bonds. The first-order chi connectivity index (χ1) is 6.75. The fraction of sp³-hybridized carbons (Fsp3) is 0.385. The summed E-state index contributed by atoms with van der Waals surface area (Å²) >= 11 is 0. The highest BCUT2D eigenvalue weighted by atomic mass is 16.2. The minimum absolute atomic E-state index is 0.244. The van der Waals surface area contributed by atoms with Gasteiger partial charge in [0, 0.05) is 12.5 Å². The lowest BCUT2D eigenvalue weighted by atomic mass is 9.99. The van der Waals surface area contributed by atoms with Gasteiger partial charge in [0.25, 0.3) is 0 Å². The smallest absolute Gasteiger partial charge is 0.0471 e. The summed E-state index contributed by atoms with van der Waals surface area (Å²) < 4.78 is 0. The quantitative estimate of drug-likeness (QED) is 0.756. The molecule has 0 aromatic heterocycles. The molecular weight excluding hydrogens is 172 g/mol. The van der Waals surface area contributed by atoms with Crippen molar-refractivity contribution in [1.29, 1.82) is 0 Å². The molecule has 14 heavy (non-hydrogen) atoms. The Bertz CT molecular complexity index is 377. The molecule has 0 fully saturated rings. The van der Waals surface area contributed by atoms with Gasteiger partial charge in [-0.15, -0.1) is 0 Å². The summed E-state index contributed by atoms with van der Waals surface area (Å²) in [7, 11) is 0. The van der Waals surface area contributed by atoms with Gasteiger partial charge in [-0.1, -0.05) is 36.8 Å². The molecule has 74 valence electrons. The van der Waals surface area contributed by atoms with E-state index in [2.05, 4.69) is 38.1 Å². The van der Waals surface area contributed by atoms with Crippen LogP contribution in [0.3, 0.4) is 0 Å². The summed E-state index contributed by atoms with van der Waals surface area (Å²) in [4.78, 5) is 0. The van der Waals surface area contributed by atoms with E-state index >= 15 is 0 Å². The van der Waals surface area contributed by atoms with Crippen molar-refractivity contribution < 1.29 is 5.11 Å². The maximum absolute atomic E-state index is 9.02. The summed E-state index contributed by atoms with van der Waals surface area (Å²) in [6.45, 7) is 4.65. The lowest BCUT2D eigenvalue weighted by Crippen LogP contribution is -1.88. The molecule has 0 spiro atoms. The highest BCUT2D eigenvalue weighted by Gasteiger charge is 2.23. The van der Waals surface area contributed by atoms with Gasteiger partial charge >= 0.3 is 0 Å². The van der Waals surface area contributed by atoms with Gasteiger partial charge in [-0.2, -0.15) is 0 Å². The van der Waals surface area contributed by atoms with Gasteiger partial charge < -0.3 is 5.11 Å². The minimum atomic E-state index is 0.244. The molecular formula is C13H16O. The van der Waals surface area contributed by atoms with Crippen molar-refractivity contribution in [3.05, 3.63) is 41.0 Å². The van der Waals surface area contributed by atoms with E-state index in [4.69, 9.17) is 5.11 Å². The van der Waals surface area contributed by atoms with E-state index < -0.39 is 0 Å². The maximum Gasteiger partial charge on any atom is 0.0471 e. The number of fused-ring (bicyclic) bond motifs is 1. The third-order valence-electron chi connectivity index (χ3n) is 3.24. The van der Waals surface area contributed by atoms with Gasteiger partial charge in [-0.25, -0.2) is 0 Å². The summed E-state index contributed by atoms with van der Waals surface area (Å²) in [5, 5.41) is 9.02. The van der Waals surface area contributed by atoms with Crippen molar-refractivity contribution >= 4 is 5.57 Å². The summed E-state index contributed by atoms with van der Waals surface area (Å²) in [6.07, 6.45) is 0.785. The Hall–Kier alpha value is -1.08. The fourth-order valence-corrected chi connectivity index (χ4v) is 2.30. The molecule has 1 aromatic rings. The molecule has 1 heteroatoms. The number of hydrogen-bond donors (Lipinski definition) is 1. The van der Waals surface area contributed by atoms with Crippen LogP contribution in [0.25, 0.3) is 5.57 Å². The second kappa shape index (κ2) is 3.58. The first-order valence-corrected chi connectivity index (χ1v) is 5.15. The Balaban J connectivity index is 2.49. The maximum atomic E-state index is 9.02. The zero-order valence-corrected chi connectivity index (χ0v) is 8.75. The van der Waals surface area contributed by atoms with Gasteiger partial charge in [-0.3, -0.25) is 0 Å². The summed E-state index contributed by atoms with van der Waals surface area (Å²) in [5.74, 6) is 0.521. The molecule has 0 saturated heterocycles. The largest absolute Gasteiger partial charge is 0.396 e. The molecule has 1 unspecified atom stereocenters. The van der Waals surface area contributed by atoms with Crippen molar-refractivity contribution in [2.24, 2.45) is 0 Å². The number of aliphatic hydroxyl groups is 1. The highest BCUT2D eigenvalue weighted by Crippen LogP contribution is 2.42. The van der Waals surface area contributed by atoms with Gasteiger partial charge in [0.15, 0.2) is 0 Å². The average molecular weight is 188 g/mol. The molecule has 2 rings (SSSR count). The molecule has 1 aliphatic rings. The van der Waals surface area contributed by atoms with Crippen LogP contribution in [-0.4, -0.2) is 11.7 Å². The standard InChI is InChI=1S/C13H16O/c1-9-10(2)12(7-8-14)13-6-4-3-5-11(9)13/h3-6,9,14H,7-8H2,1-2H3. The number of benzene rings is 1. The molecule has 1 aromatic carbocycles. The van der Waals surface area contributed by atoms with Gasteiger partial charge in [0.2, 0.25) is 0 Å². The summed E-state index contributed by atoms with van der Waals surface area (Å²) in [5.41, 5.74) is 5.51. The SMILES string of the molecule is CC1=C(CCO)c2ccccc2C1C. The lowest BCUT2D eigenvalue weighted by molar-refractivity contribution is 0.305. The number of hydrogen-bond acceptors (Lipinski definition) is 1. The van der Waals surface area contributed by atoms with Crippen LogP contribution in [0, 0.1) is 0 Å². The van der Waals surface area contributed by atoms with Crippen LogP contribution in [0.2, 0.25) is 0 Å². The molecule has 0 aliphatic heterocycles. The lowest BCUT2D eigenvalue weighted by Gasteiger charge is -2.05. The van der Waals surface area contributed by atoms with E-state index in [-0.39, 0.29) is 6.61 Å². The van der Waals surface area contributed by atoms with Crippen molar-refractivity contribution in [3.63, 3.8) is 0 Å². The van der Waals surface area contributed by atoms with Crippen molar-refractivity contribution in [3.8, 4) is 0 Å². The topological polar surface area (TPSA) is 20.2 Å². The average Bonchev–Trinajstić information content (AvgIpc) is 2.45. The van der Waals surface area contributed by atoms with Crippen molar-refractivity contribution in [2.75, 3.05) is 6.61 Å². The van der Waals surface area contributed by atoms with E-state index in [0.29, 0.717) is 5.92 Å². The molecule has 0 bridgehead atoms. The number of aliphatic hydroxyl groups excluding tert-OH is 1. The highest BCUT2D eigenvalue weighted by molar-refractivity contribution is 5.77. The monoisotopic (exact) mass is 188 g/mol. The van der Waals surface area contributed by atoms with Crippen LogP contribution in [0.4, 0.5) is 0 Å². The molecule has 1 atom stereocenters. The zero-order chi connectivity index (χ0) is 10.1. The van der Waals surface area contributed by atoms with E-state index in [1.54, 1.807) is 0 Å². The normalized spacial score (nSPS) is 20.1. The second-order valence-electron chi connectivity index (χ2n) is 3.94. The molecule has 1 N–H and O–H groups in total.